The van der Waals surface area contributed by atoms with Crippen molar-refractivity contribution in [3.05, 3.63) is 29.8 Å². The van der Waals surface area contributed by atoms with Crippen molar-refractivity contribution >= 4 is 24.1 Å². The van der Waals surface area contributed by atoms with Crippen molar-refractivity contribution in [1.29, 1.82) is 0 Å². The Hall–Kier alpha value is -1.22. The van der Waals surface area contributed by atoms with Crippen molar-refractivity contribution in [3.8, 4) is 0 Å². The van der Waals surface area contributed by atoms with Gasteiger partial charge in [0.15, 0.2) is 0 Å². The SMILES string of the molecule is Cl.O=C(O)CC1CCCNc2ccccc21. The summed E-state index contributed by atoms with van der Waals surface area (Å²) in [4.78, 5) is 10.8. The zero-order valence-electron chi connectivity index (χ0n) is 8.98. The molecule has 0 spiro atoms. The average Bonchev–Trinajstić information content (AvgIpc) is 2.41. The van der Waals surface area contributed by atoms with Gasteiger partial charge in [0.05, 0.1) is 6.42 Å². The molecule has 2 rings (SSSR count). The Morgan fingerprint density at radius 2 is 2.19 bits per heavy atom. The van der Waals surface area contributed by atoms with Gasteiger partial charge in [-0.25, -0.2) is 0 Å². The number of anilines is 1. The molecule has 0 saturated heterocycles. The van der Waals surface area contributed by atoms with E-state index in [9.17, 15) is 4.79 Å². The maximum absolute atomic E-state index is 10.8. The van der Waals surface area contributed by atoms with Crippen molar-refractivity contribution in [2.45, 2.75) is 25.2 Å². The fraction of sp³-hybridized carbons (Fsp3) is 0.417. The maximum Gasteiger partial charge on any atom is 0.303 e. The quantitative estimate of drug-likeness (QED) is 0.837. The van der Waals surface area contributed by atoms with E-state index in [1.807, 2.05) is 24.3 Å². The molecule has 0 saturated carbocycles. The zero-order chi connectivity index (χ0) is 10.7. The zero-order valence-corrected chi connectivity index (χ0v) is 9.80. The number of hydrogen-bond acceptors (Lipinski definition) is 2. The van der Waals surface area contributed by atoms with Crippen LogP contribution < -0.4 is 5.32 Å². The second-order valence-corrected chi connectivity index (χ2v) is 3.95. The van der Waals surface area contributed by atoms with E-state index in [1.54, 1.807) is 0 Å². The molecular weight excluding hydrogens is 226 g/mol. The molecule has 1 aliphatic rings. The van der Waals surface area contributed by atoms with Crippen LogP contribution in [0.5, 0.6) is 0 Å². The molecule has 0 radical (unpaired) electrons. The smallest absolute Gasteiger partial charge is 0.303 e. The fourth-order valence-electron chi connectivity index (χ4n) is 2.16. The van der Waals surface area contributed by atoms with E-state index in [0.717, 1.165) is 30.6 Å². The number of carbonyl (C=O) groups is 1. The minimum Gasteiger partial charge on any atom is -0.481 e. The van der Waals surface area contributed by atoms with E-state index in [4.69, 9.17) is 5.11 Å². The molecule has 1 aliphatic heterocycles. The number of benzene rings is 1. The van der Waals surface area contributed by atoms with Crippen LogP contribution in [0.1, 0.15) is 30.7 Å². The van der Waals surface area contributed by atoms with Crippen molar-refractivity contribution in [2.24, 2.45) is 0 Å². The molecule has 1 heterocycles. The Kier molecular flexibility index (Phi) is 4.62. The molecule has 0 aliphatic carbocycles. The number of fused-ring (bicyclic) bond motifs is 1. The monoisotopic (exact) mass is 241 g/mol. The predicted molar refractivity (Wildman–Crippen MR) is 66.4 cm³/mol. The van der Waals surface area contributed by atoms with Crippen LogP contribution in [0.2, 0.25) is 0 Å². The summed E-state index contributed by atoms with van der Waals surface area (Å²) in [5.41, 5.74) is 2.25. The number of aliphatic carboxylic acids is 1. The van der Waals surface area contributed by atoms with Crippen LogP contribution in [-0.4, -0.2) is 17.6 Å². The molecule has 1 aromatic carbocycles. The Bertz CT molecular complexity index is 368. The Morgan fingerprint density at radius 3 is 2.94 bits per heavy atom. The van der Waals surface area contributed by atoms with Crippen LogP contribution in [0.4, 0.5) is 5.69 Å². The van der Waals surface area contributed by atoms with Crippen LogP contribution in [0.3, 0.4) is 0 Å². The van der Waals surface area contributed by atoms with Gasteiger partial charge in [-0.15, -0.1) is 12.4 Å². The lowest BCUT2D eigenvalue weighted by molar-refractivity contribution is -0.137. The predicted octanol–water partition coefficient (Wildman–Crippen LogP) is 2.87. The van der Waals surface area contributed by atoms with Gasteiger partial charge >= 0.3 is 5.97 Å². The van der Waals surface area contributed by atoms with E-state index in [0.29, 0.717) is 0 Å². The van der Waals surface area contributed by atoms with Crippen LogP contribution in [0.15, 0.2) is 24.3 Å². The van der Waals surface area contributed by atoms with Gasteiger partial charge in [0, 0.05) is 12.2 Å². The average molecular weight is 242 g/mol. The first-order chi connectivity index (χ1) is 7.27. The number of nitrogens with one attached hydrogen (secondary N) is 1. The summed E-state index contributed by atoms with van der Waals surface area (Å²) in [6, 6.07) is 8.01. The third kappa shape index (κ3) is 2.89. The van der Waals surface area contributed by atoms with Gasteiger partial charge in [0.25, 0.3) is 0 Å². The second kappa shape index (κ2) is 5.75. The minimum absolute atomic E-state index is 0. The third-order valence-corrected chi connectivity index (χ3v) is 2.87. The molecule has 2 N–H and O–H groups in total. The summed E-state index contributed by atoms with van der Waals surface area (Å²) in [7, 11) is 0. The molecule has 1 unspecified atom stereocenters. The molecule has 3 nitrogen and oxygen atoms in total. The summed E-state index contributed by atoms with van der Waals surface area (Å²) in [5, 5.41) is 12.2. The number of para-hydroxylation sites is 1. The van der Waals surface area contributed by atoms with E-state index in [-0.39, 0.29) is 24.7 Å². The van der Waals surface area contributed by atoms with Crippen molar-refractivity contribution in [2.75, 3.05) is 11.9 Å². The van der Waals surface area contributed by atoms with Crippen LogP contribution in [-0.2, 0) is 4.79 Å². The first-order valence-corrected chi connectivity index (χ1v) is 5.32. The molecule has 1 aromatic rings. The summed E-state index contributed by atoms with van der Waals surface area (Å²) < 4.78 is 0. The van der Waals surface area contributed by atoms with Crippen LogP contribution in [0, 0.1) is 0 Å². The van der Waals surface area contributed by atoms with Gasteiger partial charge in [-0.2, -0.15) is 0 Å². The Balaban J connectivity index is 0.00000128. The summed E-state index contributed by atoms with van der Waals surface area (Å²) in [6.45, 7) is 0.938. The van der Waals surface area contributed by atoms with Crippen molar-refractivity contribution in [1.82, 2.24) is 0 Å². The standard InChI is InChI=1S/C12H15NO2.ClH/c14-12(15)8-9-4-3-7-13-11-6-2-1-5-10(9)11;/h1-2,5-6,9,13H,3-4,7-8H2,(H,14,15);1H. The number of hydrogen-bond donors (Lipinski definition) is 2. The molecule has 88 valence electrons. The van der Waals surface area contributed by atoms with Crippen molar-refractivity contribution < 1.29 is 9.90 Å². The summed E-state index contributed by atoms with van der Waals surface area (Å²) >= 11 is 0. The number of carboxylic acid groups (broad SMARTS) is 1. The molecule has 1 atom stereocenters. The van der Waals surface area contributed by atoms with Gasteiger partial charge in [0.2, 0.25) is 0 Å². The molecule has 0 fully saturated rings. The Morgan fingerprint density at radius 1 is 1.44 bits per heavy atom. The van der Waals surface area contributed by atoms with Crippen molar-refractivity contribution in [3.63, 3.8) is 0 Å². The largest absolute Gasteiger partial charge is 0.481 e. The third-order valence-electron chi connectivity index (χ3n) is 2.87. The van der Waals surface area contributed by atoms with Gasteiger partial charge in [-0.1, -0.05) is 18.2 Å². The number of rotatable bonds is 2. The number of carboxylic acids is 1. The highest BCUT2D eigenvalue weighted by Gasteiger charge is 2.20. The lowest BCUT2D eigenvalue weighted by Crippen LogP contribution is -2.06. The molecule has 16 heavy (non-hydrogen) atoms. The normalized spacial score (nSPS) is 18.6. The lowest BCUT2D eigenvalue weighted by Gasteiger charge is -2.14. The maximum atomic E-state index is 10.8. The highest BCUT2D eigenvalue weighted by molar-refractivity contribution is 5.85. The van der Waals surface area contributed by atoms with E-state index in [2.05, 4.69) is 5.32 Å². The van der Waals surface area contributed by atoms with Crippen LogP contribution >= 0.6 is 12.4 Å². The summed E-state index contributed by atoms with van der Waals surface area (Å²) in [5.74, 6) is -0.551. The topological polar surface area (TPSA) is 49.3 Å². The molecule has 4 heteroatoms. The molecule has 0 bridgehead atoms. The number of halogens is 1. The Labute approximate surface area is 101 Å². The second-order valence-electron chi connectivity index (χ2n) is 3.95. The van der Waals surface area contributed by atoms with Gasteiger partial charge in [-0.05, 0) is 30.4 Å². The van der Waals surface area contributed by atoms with Gasteiger partial charge in [-0.3, -0.25) is 4.79 Å². The first-order valence-electron chi connectivity index (χ1n) is 5.32. The molecule has 0 amide bonds. The van der Waals surface area contributed by atoms with E-state index < -0.39 is 5.97 Å². The first kappa shape index (κ1) is 12.8. The van der Waals surface area contributed by atoms with E-state index >= 15 is 0 Å². The lowest BCUT2D eigenvalue weighted by atomic mass is 9.91. The molecule has 0 aromatic heterocycles. The molecular formula is C12H16ClNO2. The minimum atomic E-state index is -0.711. The van der Waals surface area contributed by atoms with Crippen LogP contribution in [0.25, 0.3) is 0 Å². The van der Waals surface area contributed by atoms with E-state index in [1.165, 1.54) is 0 Å². The summed E-state index contributed by atoms with van der Waals surface area (Å²) in [6.07, 6.45) is 2.22. The highest BCUT2D eigenvalue weighted by Crippen LogP contribution is 2.33. The fourth-order valence-corrected chi connectivity index (χ4v) is 2.16. The highest BCUT2D eigenvalue weighted by atomic mass is 35.5. The van der Waals surface area contributed by atoms with Gasteiger partial charge in [0.1, 0.15) is 0 Å². The van der Waals surface area contributed by atoms with Gasteiger partial charge < -0.3 is 10.4 Å².